The van der Waals surface area contributed by atoms with E-state index in [1.807, 2.05) is 11.3 Å². The summed E-state index contributed by atoms with van der Waals surface area (Å²) in [4.78, 5) is 16.9. The third kappa shape index (κ3) is 5.45. The van der Waals surface area contributed by atoms with Gasteiger partial charge in [0.25, 0.3) is 0 Å². The van der Waals surface area contributed by atoms with Crippen molar-refractivity contribution in [3.05, 3.63) is 212 Å². The molecule has 0 aliphatic rings. The number of hydrogen-bond acceptors (Lipinski definition) is 5. The van der Waals surface area contributed by atoms with E-state index in [0.717, 1.165) is 66.3 Å². The van der Waals surface area contributed by atoms with E-state index >= 15 is 0 Å². The van der Waals surface area contributed by atoms with E-state index in [1.165, 1.54) is 56.5 Å². The Morgan fingerprint density at radius 3 is 1.65 bits per heavy atom. The van der Waals surface area contributed by atoms with Crippen LogP contribution in [0.4, 0.5) is 0 Å². The lowest BCUT2D eigenvalue weighted by atomic mass is 10.0. The van der Waals surface area contributed by atoms with Gasteiger partial charge in [-0.2, -0.15) is 0 Å². The number of fused-ring (bicyclic) bond motifs is 13. The van der Waals surface area contributed by atoms with Crippen molar-refractivity contribution in [3.63, 3.8) is 0 Å². The zero-order valence-electron chi connectivity index (χ0n) is 36.3. The maximum atomic E-state index is 5.67. The summed E-state index contributed by atoms with van der Waals surface area (Å²) in [7, 11) is 0. The summed E-state index contributed by atoms with van der Waals surface area (Å²) in [5.41, 5.74) is 9.52. The van der Waals surface area contributed by atoms with Gasteiger partial charge in [0.1, 0.15) is 0 Å². The third-order valence-electron chi connectivity index (χ3n) is 13.8. The van der Waals surface area contributed by atoms with E-state index in [0.29, 0.717) is 17.5 Å². The monoisotopic (exact) mass is 901 g/mol. The maximum absolute atomic E-state index is 5.67. The number of rotatable bonds is 5. The molecule has 15 rings (SSSR count). The Bertz CT molecular complexity index is 4570. The number of benzene rings is 10. The van der Waals surface area contributed by atoms with Gasteiger partial charge >= 0.3 is 0 Å². The second kappa shape index (κ2) is 14.5. The van der Waals surface area contributed by atoms with E-state index < -0.39 is 0 Å². The molecule has 5 aromatic heterocycles. The number of para-hydroxylation sites is 3. The molecule has 0 radical (unpaired) electrons. The van der Waals surface area contributed by atoms with Gasteiger partial charge in [0.2, 0.25) is 0 Å². The molecular weight excluding hydrogens is 867 g/mol. The van der Waals surface area contributed by atoms with Gasteiger partial charge in [-0.05, 0) is 77.5 Å². The van der Waals surface area contributed by atoms with E-state index in [2.05, 4.69) is 221 Å². The molecule has 0 fully saturated rings. The molecule has 0 aliphatic heterocycles. The first-order chi connectivity index (χ1) is 33.7. The first-order valence-electron chi connectivity index (χ1n) is 22.9. The largest absolute Gasteiger partial charge is 0.309 e. The summed E-state index contributed by atoms with van der Waals surface area (Å²) in [6.45, 7) is 0. The Morgan fingerprint density at radius 1 is 0.309 bits per heavy atom. The predicted molar refractivity (Wildman–Crippen MR) is 288 cm³/mol. The van der Waals surface area contributed by atoms with Crippen LogP contribution in [0, 0.1) is 0 Å². The van der Waals surface area contributed by atoms with Gasteiger partial charge in [0.05, 0.1) is 32.5 Å². The van der Waals surface area contributed by atoms with Gasteiger partial charge in [-0.1, -0.05) is 146 Å². The molecule has 0 spiro atoms. The maximum Gasteiger partial charge on any atom is 0.166 e. The van der Waals surface area contributed by atoms with E-state index in [4.69, 9.17) is 15.0 Å². The van der Waals surface area contributed by atoms with Gasteiger partial charge < -0.3 is 9.13 Å². The second-order valence-electron chi connectivity index (χ2n) is 17.5. The quantitative estimate of drug-likeness (QED) is 0.173. The molecule has 7 heteroatoms. The highest BCUT2D eigenvalue weighted by Crippen LogP contribution is 2.47. The van der Waals surface area contributed by atoms with Gasteiger partial charge in [-0.15, -0.1) is 22.7 Å². The lowest BCUT2D eigenvalue weighted by Crippen LogP contribution is -2.04. The number of hydrogen-bond donors (Lipinski definition) is 0. The molecule has 0 saturated carbocycles. The van der Waals surface area contributed by atoms with Crippen molar-refractivity contribution < 1.29 is 0 Å². The van der Waals surface area contributed by atoms with Gasteiger partial charge in [0.15, 0.2) is 17.5 Å². The Kier molecular flexibility index (Phi) is 8.04. The molecule has 10 aromatic carbocycles. The smallest absolute Gasteiger partial charge is 0.166 e. The predicted octanol–water partition coefficient (Wildman–Crippen LogP) is 17.0. The van der Waals surface area contributed by atoms with Crippen LogP contribution in [-0.4, -0.2) is 24.1 Å². The highest BCUT2D eigenvalue weighted by atomic mass is 32.1. The Morgan fingerprint density at radius 2 is 0.868 bits per heavy atom. The van der Waals surface area contributed by atoms with E-state index in [9.17, 15) is 0 Å². The average molecular weight is 902 g/mol. The summed E-state index contributed by atoms with van der Waals surface area (Å²) >= 11 is 3.64. The number of nitrogens with zero attached hydrogens (tertiary/aromatic N) is 5. The Balaban J connectivity index is 1.09. The average Bonchev–Trinajstić information content (AvgIpc) is 4.15. The minimum atomic E-state index is 0.617. The normalized spacial score (nSPS) is 12.1. The molecule has 5 heterocycles. The van der Waals surface area contributed by atoms with Gasteiger partial charge in [-0.25, -0.2) is 15.0 Å². The van der Waals surface area contributed by atoms with Crippen molar-refractivity contribution in [1.29, 1.82) is 0 Å². The molecule has 0 saturated heterocycles. The molecule has 0 amide bonds. The van der Waals surface area contributed by atoms with Crippen LogP contribution in [0.25, 0.3) is 140 Å². The Labute approximate surface area is 397 Å². The summed E-state index contributed by atoms with van der Waals surface area (Å²) in [6.07, 6.45) is 0. The zero-order chi connectivity index (χ0) is 44.5. The first-order valence-corrected chi connectivity index (χ1v) is 24.5. The van der Waals surface area contributed by atoms with Crippen molar-refractivity contribution in [2.45, 2.75) is 0 Å². The van der Waals surface area contributed by atoms with Crippen molar-refractivity contribution in [3.8, 4) is 45.5 Å². The molecule has 68 heavy (non-hydrogen) atoms. The molecule has 0 atom stereocenters. The van der Waals surface area contributed by atoms with Crippen molar-refractivity contribution >= 4 is 117 Å². The molecule has 0 unspecified atom stereocenters. The fourth-order valence-corrected chi connectivity index (χ4v) is 13.2. The molecule has 0 bridgehead atoms. The highest BCUT2D eigenvalue weighted by Gasteiger charge is 2.26. The van der Waals surface area contributed by atoms with Crippen LogP contribution >= 0.6 is 22.7 Å². The van der Waals surface area contributed by atoms with Crippen LogP contribution < -0.4 is 0 Å². The summed E-state index contributed by atoms with van der Waals surface area (Å²) in [5.74, 6) is 1.88. The van der Waals surface area contributed by atoms with Crippen LogP contribution in [-0.2, 0) is 0 Å². The molecular formula is C61H35N5S2. The molecule has 5 nitrogen and oxygen atoms in total. The number of aromatic nitrogens is 5. The highest BCUT2D eigenvalue weighted by molar-refractivity contribution is 7.26. The minimum absolute atomic E-state index is 0.617. The van der Waals surface area contributed by atoms with Crippen LogP contribution in [0.5, 0.6) is 0 Å². The molecule has 316 valence electrons. The summed E-state index contributed by atoms with van der Waals surface area (Å²) in [5, 5.41) is 11.9. The van der Waals surface area contributed by atoms with Crippen molar-refractivity contribution in [1.82, 2.24) is 24.1 Å². The van der Waals surface area contributed by atoms with Crippen molar-refractivity contribution in [2.24, 2.45) is 0 Å². The minimum Gasteiger partial charge on any atom is -0.309 e. The fraction of sp³-hybridized carbons (Fsp3) is 0. The van der Waals surface area contributed by atoms with E-state index in [-0.39, 0.29) is 0 Å². The summed E-state index contributed by atoms with van der Waals surface area (Å²) in [6, 6.07) is 76.5. The van der Waals surface area contributed by atoms with Crippen LogP contribution in [0.2, 0.25) is 0 Å². The fourth-order valence-electron chi connectivity index (χ4n) is 10.8. The van der Waals surface area contributed by atoms with Gasteiger partial charge in [-0.3, -0.25) is 0 Å². The SMILES string of the molecule is c1ccc(-n2c3ccccc3c3c(-c4nc(-c5ccc6c(sc7ccccc76)c5-n5c6ccccc6c6cc7ccccc7cc65)nc(-c5cccc6sc7ccccc7c56)n4)cccc32)cc1. The van der Waals surface area contributed by atoms with Crippen molar-refractivity contribution in [2.75, 3.05) is 0 Å². The third-order valence-corrected chi connectivity index (χ3v) is 16.1. The lowest BCUT2D eigenvalue weighted by molar-refractivity contribution is 1.07. The zero-order valence-corrected chi connectivity index (χ0v) is 37.9. The molecule has 0 N–H and O–H groups in total. The topological polar surface area (TPSA) is 48.5 Å². The molecule has 0 aliphatic carbocycles. The van der Waals surface area contributed by atoms with Gasteiger partial charge in [0, 0.05) is 79.6 Å². The van der Waals surface area contributed by atoms with Crippen LogP contribution in [0.1, 0.15) is 0 Å². The first kappa shape index (κ1) is 37.7. The van der Waals surface area contributed by atoms with Crippen LogP contribution in [0.3, 0.4) is 0 Å². The second-order valence-corrected chi connectivity index (χ2v) is 19.6. The van der Waals surface area contributed by atoms with Crippen LogP contribution in [0.15, 0.2) is 212 Å². The number of thiophene rings is 2. The lowest BCUT2D eigenvalue weighted by Gasteiger charge is -2.16. The Hall–Kier alpha value is -8.49. The van der Waals surface area contributed by atoms with E-state index in [1.54, 1.807) is 11.3 Å². The standard InChI is InChI=1S/C61H35N5S2/c1-2-18-38(19-3-1)65-49-27-11-7-22-42(49)55-44(24-14-28-50(55)65)59-62-60(45-25-15-31-54-56(45)43-23-9-13-30-53(43)67-54)64-61(63-59)46-33-32-41-40-21-8-12-29-52(40)68-58(41)57(46)66-48-26-10-6-20-39(48)47-34-36-16-4-5-17-37(36)35-51(47)66/h1-35H. The summed E-state index contributed by atoms with van der Waals surface area (Å²) < 4.78 is 9.69. The molecule has 15 aromatic rings.